The van der Waals surface area contributed by atoms with Crippen molar-refractivity contribution >= 4 is 41.2 Å². The van der Waals surface area contributed by atoms with Crippen molar-refractivity contribution in [3.05, 3.63) is 47.6 Å². The van der Waals surface area contributed by atoms with Gasteiger partial charge in [0, 0.05) is 10.8 Å². The first-order valence-corrected chi connectivity index (χ1v) is 8.12. The topological polar surface area (TPSA) is 29.3 Å². The minimum atomic E-state index is 0.220. The van der Waals surface area contributed by atoms with Gasteiger partial charge in [0.25, 0.3) is 0 Å². The lowest BCUT2D eigenvalue weighted by Gasteiger charge is -2.26. The second-order valence-electron chi connectivity index (χ2n) is 6.17. The highest BCUT2D eigenvalue weighted by atomic mass is 127. The van der Waals surface area contributed by atoms with Crippen molar-refractivity contribution in [2.75, 3.05) is 3.22 Å². The zero-order valence-corrected chi connectivity index (χ0v) is 15.2. The zero-order chi connectivity index (χ0) is 14.9. The molecule has 0 aliphatic heterocycles. The molecule has 0 aromatic heterocycles. The third-order valence-electron chi connectivity index (χ3n) is 3.62. The number of hydrazine groups is 1. The maximum absolute atomic E-state index is 5.83. The Morgan fingerprint density at radius 1 is 1.35 bits per heavy atom. The van der Waals surface area contributed by atoms with E-state index in [0.29, 0.717) is 5.92 Å². The summed E-state index contributed by atoms with van der Waals surface area (Å²) in [5.41, 5.74) is 3.86. The van der Waals surface area contributed by atoms with Gasteiger partial charge in [-0.2, -0.15) is 0 Å². The Hall–Kier alpha value is -0.460. The molecule has 4 heteroatoms. The number of thiol groups is 1. The van der Waals surface area contributed by atoms with E-state index in [1.165, 1.54) is 11.1 Å². The molecule has 0 spiro atoms. The lowest BCUT2D eigenvalue weighted by Crippen LogP contribution is -2.18. The Kier molecular flexibility index (Phi) is 4.87. The van der Waals surface area contributed by atoms with Gasteiger partial charge in [0.1, 0.15) is 0 Å². The van der Waals surface area contributed by atoms with Crippen LogP contribution in [-0.4, -0.2) is 0 Å². The van der Waals surface area contributed by atoms with E-state index in [4.69, 9.17) is 5.84 Å². The van der Waals surface area contributed by atoms with Crippen molar-refractivity contribution in [2.45, 2.75) is 38.0 Å². The van der Waals surface area contributed by atoms with Crippen LogP contribution < -0.4 is 9.06 Å². The van der Waals surface area contributed by atoms with Crippen LogP contribution in [-0.2, 0) is 0 Å². The Morgan fingerprint density at radius 3 is 2.55 bits per heavy atom. The average molecular weight is 400 g/mol. The van der Waals surface area contributed by atoms with Crippen molar-refractivity contribution in [1.82, 2.24) is 0 Å². The first-order chi connectivity index (χ1) is 9.29. The maximum atomic E-state index is 5.83. The van der Waals surface area contributed by atoms with Crippen LogP contribution >= 0.6 is 35.5 Å². The van der Waals surface area contributed by atoms with Gasteiger partial charge in [-0.15, -0.1) is 12.6 Å². The highest BCUT2D eigenvalue weighted by Gasteiger charge is 2.19. The van der Waals surface area contributed by atoms with Gasteiger partial charge in [-0.3, -0.25) is 0 Å². The molecule has 20 heavy (non-hydrogen) atoms. The zero-order valence-electron chi connectivity index (χ0n) is 12.1. The molecule has 0 saturated heterocycles. The predicted octanol–water partition coefficient (Wildman–Crippen LogP) is 5.02. The summed E-state index contributed by atoms with van der Waals surface area (Å²) < 4.78 is 1.59. The Bertz CT molecular complexity index is 556. The smallest absolute Gasteiger partial charge is 0.0766 e. The van der Waals surface area contributed by atoms with Crippen LogP contribution in [0.2, 0.25) is 0 Å². The molecule has 2 rings (SSSR count). The van der Waals surface area contributed by atoms with Crippen LogP contribution in [0.3, 0.4) is 0 Å². The molecule has 0 saturated carbocycles. The third kappa shape index (κ3) is 3.59. The summed E-state index contributed by atoms with van der Waals surface area (Å²) in [7, 11) is 0. The summed E-state index contributed by atoms with van der Waals surface area (Å²) in [6.45, 7) is 6.75. The maximum Gasteiger partial charge on any atom is 0.0766 e. The van der Waals surface area contributed by atoms with Crippen molar-refractivity contribution in [3.63, 3.8) is 0 Å². The van der Waals surface area contributed by atoms with Crippen molar-refractivity contribution < 1.29 is 0 Å². The summed E-state index contributed by atoms with van der Waals surface area (Å²) in [5.74, 6) is 6.25. The number of rotatable bonds is 2. The monoisotopic (exact) mass is 400 g/mol. The van der Waals surface area contributed by atoms with Crippen LogP contribution in [0, 0.1) is 5.41 Å². The van der Waals surface area contributed by atoms with Crippen LogP contribution in [0.1, 0.15) is 38.7 Å². The van der Waals surface area contributed by atoms with Gasteiger partial charge < -0.3 is 0 Å². The molecular formula is C16H21IN2S. The Balaban J connectivity index is 2.22. The molecule has 0 heterocycles. The summed E-state index contributed by atoms with van der Waals surface area (Å²) in [5, 5.41) is 0. The van der Waals surface area contributed by atoms with Crippen molar-refractivity contribution in [3.8, 4) is 0 Å². The standard InChI is InChI=1S/C16H21IN2S/c1-16(2,3)13-7-4-11(5-8-13)12-6-9-15(20)14(10-12)19(17)18/h4,6-11,20H,5,18H2,1-3H3. The van der Waals surface area contributed by atoms with Gasteiger partial charge in [-0.1, -0.05) is 45.1 Å². The van der Waals surface area contributed by atoms with E-state index >= 15 is 0 Å². The Morgan fingerprint density at radius 2 is 2.05 bits per heavy atom. The van der Waals surface area contributed by atoms with E-state index in [1.54, 1.807) is 3.22 Å². The van der Waals surface area contributed by atoms with E-state index < -0.39 is 0 Å². The van der Waals surface area contributed by atoms with Gasteiger partial charge in [0.15, 0.2) is 0 Å². The molecule has 108 valence electrons. The highest BCUT2D eigenvalue weighted by molar-refractivity contribution is 14.1. The SMILES string of the molecule is CC(C)(C)C1=CCC(c2ccc(S)c(N(N)I)c2)C=C1. The molecule has 1 aromatic rings. The van der Waals surface area contributed by atoms with E-state index in [2.05, 4.69) is 86.6 Å². The molecule has 2 N–H and O–H groups in total. The fourth-order valence-electron chi connectivity index (χ4n) is 2.37. The number of halogens is 1. The van der Waals surface area contributed by atoms with Gasteiger partial charge in [0.05, 0.1) is 28.6 Å². The van der Waals surface area contributed by atoms with Crippen molar-refractivity contribution in [2.24, 2.45) is 11.3 Å². The van der Waals surface area contributed by atoms with Gasteiger partial charge in [-0.05, 0) is 35.1 Å². The van der Waals surface area contributed by atoms with Crippen LogP contribution in [0.25, 0.3) is 0 Å². The molecule has 1 aliphatic carbocycles. The second kappa shape index (κ2) is 6.12. The molecule has 0 amide bonds. The largest absolute Gasteiger partial charge is 0.250 e. The molecule has 1 aromatic carbocycles. The fraction of sp³-hybridized carbons (Fsp3) is 0.375. The fourth-order valence-corrected chi connectivity index (χ4v) is 3.20. The van der Waals surface area contributed by atoms with E-state index in [1.807, 2.05) is 6.07 Å². The van der Waals surface area contributed by atoms with E-state index in [0.717, 1.165) is 17.0 Å². The molecule has 1 aliphatic rings. The molecule has 0 radical (unpaired) electrons. The predicted molar refractivity (Wildman–Crippen MR) is 98.4 cm³/mol. The summed E-state index contributed by atoms with van der Waals surface area (Å²) >= 11 is 6.51. The molecule has 2 nitrogen and oxygen atoms in total. The van der Waals surface area contributed by atoms with Gasteiger partial charge in [0.2, 0.25) is 0 Å². The highest BCUT2D eigenvalue weighted by Crippen LogP contribution is 2.36. The molecule has 1 unspecified atom stereocenters. The molecular weight excluding hydrogens is 379 g/mol. The van der Waals surface area contributed by atoms with Crippen LogP contribution in [0.15, 0.2) is 46.9 Å². The van der Waals surface area contributed by atoms with Crippen LogP contribution in [0.5, 0.6) is 0 Å². The van der Waals surface area contributed by atoms with Gasteiger partial charge in [-0.25, -0.2) is 9.06 Å². The van der Waals surface area contributed by atoms with E-state index in [9.17, 15) is 0 Å². The number of allylic oxidation sites excluding steroid dienone is 4. The molecule has 1 atom stereocenters. The second-order valence-corrected chi connectivity index (χ2v) is 7.69. The number of nitrogens with two attached hydrogens (primary N) is 1. The lowest BCUT2D eigenvalue weighted by atomic mass is 9.80. The normalized spacial score (nSPS) is 18.9. The summed E-state index contributed by atoms with van der Waals surface area (Å²) in [6, 6.07) is 6.28. The number of hydrogen-bond donors (Lipinski definition) is 2. The van der Waals surface area contributed by atoms with Crippen molar-refractivity contribution in [1.29, 1.82) is 0 Å². The average Bonchev–Trinajstić information content (AvgIpc) is 2.38. The minimum Gasteiger partial charge on any atom is -0.250 e. The Labute approximate surface area is 141 Å². The third-order valence-corrected chi connectivity index (χ3v) is 4.52. The van der Waals surface area contributed by atoms with E-state index in [-0.39, 0.29) is 5.41 Å². The molecule has 0 fully saturated rings. The first kappa shape index (κ1) is 15.9. The number of hydrogen-bond acceptors (Lipinski definition) is 3. The first-order valence-electron chi connectivity index (χ1n) is 6.71. The minimum absolute atomic E-state index is 0.220. The summed E-state index contributed by atoms with van der Waals surface area (Å²) in [6.07, 6.45) is 7.95. The number of anilines is 1. The number of benzene rings is 1. The quantitative estimate of drug-likeness (QED) is 0.240. The lowest BCUT2D eigenvalue weighted by molar-refractivity contribution is 0.510. The number of nitrogens with zero attached hydrogens (tertiary/aromatic N) is 1. The van der Waals surface area contributed by atoms with Gasteiger partial charge >= 0.3 is 0 Å². The molecule has 0 bridgehead atoms. The summed E-state index contributed by atoms with van der Waals surface area (Å²) in [4.78, 5) is 0.899. The van der Waals surface area contributed by atoms with Crippen LogP contribution in [0.4, 0.5) is 5.69 Å².